The number of carbonyl (C=O) groups excluding carboxylic acids is 3. The molecular weight excluding hydrogens is 439 g/mol. The summed E-state index contributed by atoms with van der Waals surface area (Å²) in [4.78, 5) is 43.9. The first kappa shape index (κ1) is 21.4. The maximum atomic E-state index is 13.6. The predicted octanol–water partition coefficient (Wildman–Crippen LogP) is 4.06. The minimum absolute atomic E-state index is 0.0589. The third-order valence-corrected chi connectivity index (χ3v) is 6.10. The zero-order chi connectivity index (χ0) is 23.2. The molecule has 0 aliphatic carbocycles. The number of halogens is 1. The normalized spacial score (nSPS) is 16.1. The van der Waals surface area contributed by atoms with Gasteiger partial charge in [0, 0.05) is 0 Å². The number of rotatable bonds is 5. The molecule has 1 N–H and O–H groups in total. The fraction of sp³-hybridized carbons (Fsp3) is 0.182. The lowest BCUT2D eigenvalue weighted by atomic mass is 9.95. The van der Waals surface area contributed by atoms with Gasteiger partial charge in [-0.1, -0.05) is 23.5 Å². The molecule has 10 heteroatoms. The lowest BCUT2D eigenvalue weighted by Gasteiger charge is -2.24. The van der Waals surface area contributed by atoms with Crippen molar-refractivity contribution in [2.75, 3.05) is 12.0 Å². The van der Waals surface area contributed by atoms with Gasteiger partial charge in [0.25, 0.3) is 5.91 Å². The van der Waals surface area contributed by atoms with E-state index in [9.17, 15) is 23.9 Å². The van der Waals surface area contributed by atoms with Crippen LogP contribution in [0.4, 0.5) is 9.52 Å². The standard InChI is InChI=1S/C22H17FN2O6S/c1-10-4-9-14(31-10)17(26)15-16(12-5-7-13(23)8-6-12)25(20(28)18(15)27)22-24-11(2)19(32-22)21(29)30-3/h4-9,16,27H,1-3H3/t16-/m0/s1. The number of ketones is 1. The Morgan fingerprint density at radius 2 is 1.88 bits per heavy atom. The zero-order valence-electron chi connectivity index (χ0n) is 17.2. The van der Waals surface area contributed by atoms with E-state index < -0.39 is 35.3 Å². The van der Waals surface area contributed by atoms with Crippen molar-refractivity contribution in [2.45, 2.75) is 19.9 Å². The van der Waals surface area contributed by atoms with Crippen LogP contribution in [0.25, 0.3) is 0 Å². The number of aromatic nitrogens is 1. The Balaban J connectivity index is 1.87. The monoisotopic (exact) mass is 456 g/mol. The molecule has 3 aromatic rings. The van der Waals surface area contributed by atoms with Crippen molar-refractivity contribution in [3.05, 3.63) is 81.2 Å². The number of amides is 1. The van der Waals surface area contributed by atoms with Crippen LogP contribution in [0.3, 0.4) is 0 Å². The average Bonchev–Trinajstić information content (AvgIpc) is 3.44. The van der Waals surface area contributed by atoms with E-state index in [4.69, 9.17) is 9.15 Å². The van der Waals surface area contributed by atoms with Crippen molar-refractivity contribution in [1.29, 1.82) is 0 Å². The number of esters is 1. The molecule has 0 radical (unpaired) electrons. The number of thiazole rings is 1. The molecular formula is C22H17FN2O6S. The summed E-state index contributed by atoms with van der Waals surface area (Å²) in [5.41, 5.74) is 0.453. The van der Waals surface area contributed by atoms with Crippen molar-refractivity contribution >= 4 is 34.1 Å². The van der Waals surface area contributed by atoms with E-state index in [0.29, 0.717) is 17.0 Å². The lowest BCUT2D eigenvalue weighted by molar-refractivity contribution is -0.117. The van der Waals surface area contributed by atoms with Gasteiger partial charge in [0.15, 0.2) is 16.7 Å². The van der Waals surface area contributed by atoms with E-state index in [1.54, 1.807) is 19.9 Å². The second kappa shape index (κ2) is 8.04. The van der Waals surface area contributed by atoms with Crippen LogP contribution in [-0.4, -0.2) is 34.9 Å². The van der Waals surface area contributed by atoms with Gasteiger partial charge in [0.2, 0.25) is 5.78 Å². The molecule has 8 nitrogen and oxygen atoms in total. The van der Waals surface area contributed by atoms with Crippen LogP contribution >= 0.6 is 11.3 Å². The number of anilines is 1. The summed E-state index contributed by atoms with van der Waals surface area (Å²) >= 11 is 0.883. The van der Waals surface area contributed by atoms with E-state index in [1.807, 2.05) is 0 Å². The van der Waals surface area contributed by atoms with E-state index in [0.717, 1.165) is 16.2 Å². The highest BCUT2D eigenvalue weighted by Gasteiger charge is 2.46. The van der Waals surface area contributed by atoms with E-state index in [-0.39, 0.29) is 21.3 Å². The van der Waals surface area contributed by atoms with Crippen molar-refractivity contribution in [1.82, 2.24) is 4.98 Å². The second-order valence-corrected chi connectivity index (χ2v) is 8.01. The molecule has 0 fully saturated rings. The molecule has 0 saturated carbocycles. The molecule has 3 heterocycles. The Bertz CT molecular complexity index is 1270. The molecule has 4 rings (SSSR count). The lowest BCUT2D eigenvalue weighted by Crippen LogP contribution is -2.31. The van der Waals surface area contributed by atoms with Gasteiger partial charge in [-0.05, 0) is 43.7 Å². The average molecular weight is 456 g/mol. The quantitative estimate of drug-likeness (QED) is 0.455. The first-order chi connectivity index (χ1) is 15.2. The third-order valence-electron chi connectivity index (χ3n) is 4.96. The van der Waals surface area contributed by atoms with Gasteiger partial charge in [0.05, 0.1) is 24.4 Å². The van der Waals surface area contributed by atoms with Gasteiger partial charge in [-0.25, -0.2) is 14.2 Å². The molecule has 0 unspecified atom stereocenters. The summed E-state index contributed by atoms with van der Waals surface area (Å²) in [6.07, 6.45) is 0. The Morgan fingerprint density at radius 1 is 1.19 bits per heavy atom. The number of furan rings is 1. The first-order valence-corrected chi connectivity index (χ1v) is 10.2. The number of carbonyl (C=O) groups is 3. The van der Waals surface area contributed by atoms with Gasteiger partial charge in [-0.15, -0.1) is 0 Å². The molecule has 2 aromatic heterocycles. The largest absolute Gasteiger partial charge is 0.503 e. The van der Waals surface area contributed by atoms with E-state index >= 15 is 0 Å². The number of aliphatic hydroxyl groups excluding tert-OH is 1. The van der Waals surface area contributed by atoms with Gasteiger partial charge >= 0.3 is 5.97 Å². The number of aliphatic hydroxyl groups is 1. The van der Waals surface area contributed by atoms with Gasteiger partial charge in [-0.3, -0.25) is 14.5 Å². The van der Waals surface area contributed by atoms with E-state index in [1.165, 1.54) is 37.4 Å². The minimum Gasteiger partial charge on any atom is -0.503 e. The highest BCUT2D eigenvalue weighted by atomic mass is 32.1. The Hall–Kier alpha value is -3.79. The van der Waals surface area contributed by atoms with Gasteiger partial charge in [-0.2, -0.15) is 0 Å². The van der Waals surface area contributed by atoms with Crippen LogP contribution in [-0.2, 0) is 9.53 Å². The third kappa shape index (κ3) is 3.48. The number of methoxy groups -OCH3 is 1. The molecule has 32 heavy (non-hydrogen) atoms. The summed E-state index contributed by atoms with van der Waals surface area (Å²) in [6.45, 7) is 3.23. The molecule has 1 aliphatic rings. The van der Waals surface area contributed by atoms with Crippen molar-refractivity contribution in [3.63, 3.8) is 0 Å². The predicted molar refractivity (Wildman–Crippen MR) is 112 cm³/mol. The first-order valence-electron chi connectivity index (χ1n) is 9.42. The molecule has 0 saturated heterocycles. The molecule has 0 bridgehead atoms. The minimum atomic E-state index is -1.11. The maximum Gasteiger partial charge on any atom is 0.350 e. The summed E-state index contributed by atoms with van der Waals surface area (Å²) in [5.74, 6) is -3.06. The van der Waals surface area contributed by atoms with Crippen LogP contribution in [0.15, 0.2) is 52.1 Å². The smallest absolute Gasteiger partial charge is 0.350 e. The van der Waals surface area contributed by atoms with Crippen molar-refractivity contribution in [2.24, 2.45) is 0 Å². The summed E-state index contributed by atoms with van der Waals surface area (Å²) in [7, 11) is 1.22. The second-order valence-electron chi connectivity index (χ2n) is 7.03. The summed E-state index contributed by atoms with van der Waals surface area (Å²) < 4.78 is 23.7. The van der Waals surface area contributed by atoms with Crippen molar-refractivity contribution < 1.29 is 33.0 Å². The number of Topliss-reactive ketones (excluding diaryl/α,β-unsaturated/α-hetero) is 1. The SMILES string of the molecule is COC(=O)c1sc(N2C(=O)C(O)=C(C(=O)c3ccc(C)o3)[C@@H]2c2ccc(F)cc2)nc1C. The Morgan fingerprint density at radius 3 is 2.47 bits per heavy atom. The molecule has 164 valence electrons. The number of hydrogen-bond acceptors (Lipinski definition) is 8. The Labute approximate surface area is 185 Å². The van der Waals surface area contributed by atoms with Crippen LogP contribution in [0, 0.1) is 19.7 Å². The van der Waals surface area contributed by atoms with Crippen LogP contribution in [0.1, 0.15) is 43.3 Å². The molecule has 1 amide bonds. The molecule has 1 aliphatic heterocycles. The summed E-state index contributed by atoms with van der Waals surface area (Å²) in [5, 5.41) is 10.8. The van der Waals surface area contributed by atoms with E-state index in [2.05, 4.69) is 4.98 Å². The van der Waals surface area contributed by atoms with Crippen molar-refractivity contribution in [3.8, 4) is 0 Å². The van der Waals surface area contributed by atoms with Gasteiger partial charge < -0.3 is 14.3 Å². The number of benzene rings is 1. The highest BCUT2D eigenvalue weighted by molar-refractivity contribution is 7.17. The Kier molecular flexibility index (Phi) is 5.39. The highest BCUT2D eigenvalue weighted by Crippen LogP contribution is 2.43. The molecule has 1 aromatic carbocycles. The van der Waals surface area contributed by atoms with Crippen LogP contribution in [0.5, 0.6) is 0 Å². The number of aryl methyl sites for hydroxylation is 2. The fourth-order valence-corrected chi connectivity index (χ4v) is 4.46. The number of ether oxygens (including phenoxy) is 1. The summed E-state index contributed by atoms with van der Waals surface area (Å²) in [6, 6.07) is 7.08. The molecule has 0 spiro atoms. The maximum absolute atomic E-state index is 13.6. The molecule has 1 atom stereocenters. The van der Waals surface area contributed by atoms with Crippen LogP contribution < -0.4 is 4.90 Å². The topological polar surface area (TPSA) is 110 Å². The van der Waals surface area contributed by atoms with Gasteiger partial charge in [0.1, 0.15) is 16.5 Å². The number of hydrogen-bond donors (Lipinski definition) is 1. The fourth-order valence-electron chi connectivity index (χ4n) is 3.45. The van der Waals surface area contributed by atoms with Crippen LogP contribution in [0.2, 0.25) is 0 Å². The zero-order valence-corrected chi connectivity index (χ0v) is 18.0. The number of nitrogens with zero attached hydrogens (tertiary/aromatic N) is 2.